The van der Waals surface area contributed by atoms with Gasteiger partial charge in [-0.15, -0.1) is 0 Å². The second kappa shape index (κ2) is 4.91. The van der Waals surface area contributed by atoms with Crippen LogP contribution in [0.3, 0.4) is 0 Å². The average molecular weight is 348 g/mol. The summed E-state index contributed by atoms with van der Waals surface area (Å²) in [4.78, 5) is 36.1. The van der Waals surface area contributed by atoms with Crippen LogP contribution in [0.15, 0.2) is 0 Å². The molecule has 9 nitrogen and oxygen atoms in total. The lowest BCUT2D eigenvalue weighted by molar-refractivity contribution is -0.169. The number of fused-ring (bicyclic) bond motifs is 1. The van der Waals surface area contributed by atoms with E-state index in [-0.39, 0.29) is 0 Å². The van der Waals surface area contributed by atoms with Gasteiger partial charge < -0.3 is 20.5 Å². The molecule has 2 fully saturated rings. The number of sulfone groups is 1. The van der Waals surface area contributed by atoms with Crippen LogP contribution in [0.5, 0.6) is 0 Å². The maximum Gasteiger partial charge on any atom is 0.328 e. The number of carboxylic acids is 1. The number of nitrogens with zero attached hydrogens (tertiary/aromatic N) is 1. The fraction of sp³-hybridized carbons (Fsp3) is 0.769. The van der Waals surface area contributed by atoms with Gasteiger partial charge >= 0.3 is 11.9 Å². The summed E-state index contributed by atoms with van der Waals surface area (Å²) in [6, 6.07) is -1.46. The van der Waals surface area contributed by atoms with Gasteiger partial charge in [0, 0.05) is 0 Å². The number of esters is 1. The van der Waals surface area contributed by atoms with Gasteiger partial charge in [-0.25, -0.2) is 13.2 Å². The number of carboxylic acid groups (broad SMARTS) is 1. The van der Waals surface area contributed by atoms with E-state index >= 15 is 0 Å². The van der Waals surface area contributed by atoms with Crippen LogP contribution in [0.25, 0.3) is 0 Å². The summed E-state index contributed by atoms with van der Waals surface area (Å²) in [5.74, 6) is -3.91. The maximum atomic E-state index is 12.6. The van der Waals surface area contributed by atoms with E-state index in [1.54, 1.807) is 0 Å². The van der Waals surface area contributed by atoms with Gasteiger partial charge in [0.1, 0.15) is 24.1 Å². The number of aliphatic carboxylic acids is 1. The normalized spacial score (nSPS) is 31.3. The fourth-order valence-electron chi connectivity index (χ4n) is 2.91. The van der Waals surface area contributed by atoms with Crippen molar-refractivity contribution >= 4 is 27.7 Å². The van der Waals surface area contributed by atoms with Gasteiger partial charge in [-0.2, -0.15) is 0 Å². The Kier molecular flexibility index (Phi) is 3.77. The molecular formula is C13H20N2O7S. The smallest absolute Gasteiger partial charge is 0.328 e. The minimum absolute atomic E-state index is 0.443. The van der Waals surface area contributed by atoms with Gasteiger partial charge in [0.2, 0.25) is 5.91 Å². The van der Waals surface area contributed by atoms with Crippen molar-refractivity contribution in [3.63, 3.8) is 0 Å². The number of hydrogen-bond donors (Lipinski definition) is 2. The SMILES string of the molecule is CC(C)(N)C(=O)OC[C@@H]1C(=O)N2[C@@H](C(=O)O)C(C)(C)S(=O)(=O)[C@H]12. The average Bonchev–Trinajstić information content (AvgIpc) is 2.51. The predicted molar refractivity (Wildman–Crippen MR) is 77.8 cm³/mol. The zero-order valence-electron chi connectivity index (χ0n) is 13.3. The predicted octanol–water partition coefficient (Wildman–Crippen LogP) is -1.29. The van der Waals surface area contributed by atoms with Crippen LogP contribution in [-0.4, -0.2) is 64.6 Å². The summed E-state index contributed by atoms with van der Waals surface area (Å²) in [7, 11) is -3.92. The third kappa shape index (κ3) is 2.31. The third-order valence-electron chi connectivity index (χ3n) is 4.33. The fourth-order valence-corrected chi connectivity index (χ4v) is 5.21. The monoisotopic (exact) mass is 348 g/mol. The number of carbonyl (C=O) groups excluding carboxylic acids is 2. The molecule has 0 radical (unpaired) electrons. The zero-order chi connectivity index (χ0) is 18.0. The van der Waals surface area contributed by atoms with Gasteiger partial charge in [0.15, 0.2) is 15.2 Å². The first-order valence-electron chi connectivity index (χ1n) is 6.99. The molecule has 2 aliphatic heterocycles. The number of rotatable bonds is 4. The second-order valence-electron chi connectivity index (χ2n) is 6.95. The van der Waals surface area contributed by atoms with Crippen molar-refractivity contribution in [3.05, 3.63) is 0 Å². The minimum atomic E-state index is -3.92. The molecule has 2 aliphatic rings. The number of carbonyl (C=O) groups is 3. The Morgan fingerprint density at radius 2 is 1.91 bits per heavy atom. The Labute approximate surface area is 133 Å². The third-order valence-corrected chi connectivity index (χ3v) is 7.21. The number of hydrogen-bond acceptors (Lipinski definition) is 7. The van der Waals surface area contributed by atoms with E-state index in [1.807, 2.05) is 0 Å². The molecule has 2 heterocycles. The van der Waals surface area contributed by atoms with Crippen molar-refractivity contribution in [2.24, 2.45) is 11.7 Å². The molecule has 0 aromatic carbocycles. The summed E-state index contributed by atoms with van der Waals surface area (Å²) in [5, 5.41) is 7.98. The Hall–Kier alpha value is -1.68. The van der Waals surface area contributed by atoms with Crippen LogP contribution in [0.1, 0.15) is 27.7 Å². The number of nitrogens with two attached hydrogens (primary N) is 1. The van der Waals surface area contributed by atoms with E-state index in [1.165, 1.54) is 27.7 Å². The number of amides is 1. The van der Waals surface area contributed by atoms with Gasteiger partial charge in [-0.05, 0) is 27.7 Å². The molecule has 0 spiro atoms. The zero-order valence-corrected chi connectivity index (χ0v) is 14.1. The van der Waals surface area contributed by atoms with Gasteiger partial charge in [0.05, 0.1) is 4.75 Å². The van der Waals surface area contributed by atoms with Gasteiger partial charge in [-0.1, -0.05) is 0 Å². The highest BCUT2D eigenvalue weighted by molar-refractivity contribution is 7.93. The summed E-state index contributed by atoms with van der Waals surface area (Å²) >= 11 is 0. The minimum Gasteiger partial charge on any atom is -0.480 e. The highest BCUT2D eigenvalue weighted by Gasteiger charge is 2.72. The largest absolute Gasteiger partial charge is 0.480 e. The Morgan fingerprint density at radius 1 is 1.39 bits per heavy atom. The van der Waals surface area contributed by atoms with Crippen LogP contribution in [0.4, 0.5) is 0 Å². The first-order valence-corrected chi connectivity index (χ1v) is 8.53. The molecule has 3 N–H and O–H groups in total. The summed E-state index contributed by atoms with van der Waals surface area (Å²) in [6.45, 7) is 4.94. The van der Waals surface area contributed by atoms with Crippen molar-refractivity contribution in [3.8, 4) is 0 Å². The summed E-state index contributed by atoms with van der Waals surface area (Å²) in [5.41, 5.74) is 4.28. The molecule has 0 aliphatic carbocycles. The molecule has 130 valence electrons. The number of ether oxygens (including phenoxy) is 1. The molecule has 0 saturated carbocycles. The molecule has 0 aromatic rings. The van der Waals surface area contributed by atoms with Crippen LogP contribution < -0.4 is 5.73 Å². The molecular weight excluding hydrogens is 328 g/mol. The van der Waals surface area contributed by atoms with E-state index in [9.17, 15) is 27.9 Å². The molecule has 10 heteroatoms. The van der Waals surface area contributed by atoms with Crippen molar-refractivity contribution in [2.45, 2.75) is 49.4 Å². The van der Waals surface area contributed by atoms with E-state index in [4.69, 9.17) is 10.5 Å². The summed E-state index contributed by atoms with van der Waals surface area (Å²) in [6.07, 6.45) is 0. The van der Waals surface area contributed by atoms with Crippen LogP contribution >= 0.6 is 0 Å². The highest BCUT2D eigenvalue weighted by atomic mass is 32.2. The Morgan fingerprint density at radius 3 is 2.35 bits per heavy atom. The number of β-lactam (4-membered cyclic amide) rings is 1. The quantitative estimate of drug-likeness (QED) is 0.472. The molecule has 0 aromatic heterocycles. The van der Waals surface area contributed by atoms with Crippen molar-refractivity contribution in [1.82, 2.24) is 4.90 Å². The van der Waals surface area contributed by atoms with Gasteiger partial charge in [-0.3, -0.25) is 9.59 Å². The van der Waals surface area contributed by atoms with Crippen molar-refractivity contribution < 1.29 is 32.6 Å². The van der Waals surface area contributed by atoms with Crippen molar-refractivity contribution in [1.29, 1.82) is 0 Å². The molecule has 1 amide bonds. The lowest BCUT2D eigenvalue weighted by Gasteiger charge is -2.42. The van der Waals surface area contributed by atoms with Crippen LogP contribution in [-0.2, 0) is 29.0 Å². The Bertz CT molecular complexity index is 677. The molecule has 23 heavy (non-hydrogen) atoms. The molecule has 2 saturated heterocycles. The highest BCUT2D eigenvalue weighted by Crippen LogP contribution is 2.48. The molecule has 2 rings (SSSR count). The molecule has 0 bridgehead atoms. The first kappa shape index (κ1) is 17.7. The first-order chi connectivity index (χ1) is 10.2. The topological polar surface area (TPSA) is 144 Å². The summed E-state index contributed by atoms with van der Waals surface area (Å²) < 4.78 is 28.4. The standard InChI is InChI=1S/C13H20N2O7S/c1-12(2,14)11(19)22-5-6-8(16)15-7(10(17)18)13(3,4)23(20,21)9(6)15/h6-7,9H,5,14H2,1-4H3,(H,17,18)/t6-,7+,9-/m1/s1. The second-order valence-corrected chi connectivity index (χ2v) is 9.58. The van der Waals surface area contributed by atoms with Crippen LogP contribution in [0.2, 0.25) is 0 Å². The maximum absolute atomic E-state index is 12.6. The van der Waals surface area contributed by atoms with Gasteiger partial charge in [0.25, 0.3) is 0 Å². The lowest BCUT2D eigenvalue weighted by Crippen LogP contribution is -2.65. The van der Waals surface area contributed by atoms with E-state index < -0.39 is 61.9 Å². The van der Waals surface area contributed by atoms with E-state index in [2.05, 4.69) is 0 Å². The molecule has 3 atom stereocenters. The molecule has 0 unspecified atom stereocenters. The van der Waals surface area contributed by atoms with E-state index in [0.717, 1.165) is 4.90 Å². The van der Waals surface area contributed by atoms with Crippen molar-refractivity contribution in [2.75, 3.05) is 6.61 Å². The Balaban J connectivity index is 2.25. The lowest BCUT2D eigenvalue weighted by atomic mass is 9.92. The van der Waals surface area contributed by atoms with E-state index in [0.29, 0.717) is 0 Å². The van der Waals surface area contributed by atoms with Crippen LogP contribution in [0, 0.1) is 5.92 Å².